The van der Waals surface area contributed by atoms with Crippen LogP contribution in [0, 0.1) is 6.92 Å². The standard InChI is InChI=1S/C27H23N3O3S/c1-15-12-18(16(2)28-21-9-5-4-8-17(21)27(32)33)19-14-23(30(3)26(31)20(19)13-15)25-29-22-10-6-7-11-24(22)34-25/h4-14,16,28H,1-3H3,(H,32,33). The average Bonchev–Trinajstić information content (AvgIpc) is 3.25. The number of nitrogens with zero attached hydrogens (tertiary/aromatic N) is 2. The summed E-state index contributed by atoms with van der Waals surface area (Å²) in [5, 5.41) is 15.1. The number of hydrogen-bond acceptors (Lipinski definition) is 5. The smallest absolute Gasteiger partial charge is 0.337 e. The van der Waals surface area contributed by atoms with E-state index in [2.05, 4.69) is 5.32 Å². The zero-order valence-corrected chi connectivity index (χ0v) is 19.8. The van der Waals surface area contributed by atoms with Gasteiger partial charge in [-0.1, -0.05) is 30.3 Å². The Labute approximate surface area is 200 Å². The van der Waals surface area contributed by atoms with Crippen LogP contribution in [0.25, 0.3) is 31.7 Å². The van der Waals surface area contributed by atoms with E-state index in [1.54, 1.807) is 47.2 Å². The number of anilines is 1. The number of benzene rings is 3. The topological polar surface area (TPSA) is 84.2 Å². The van der Waals surface area contributed by atoms with E-state index in [9.17, 15) is 14.7 Å². The predicted octanol–water partition coefficient (Wildman–Crippen LogP) is 5.99. The summed E-state index contributed by atoms with van der Waals surface area (Å²) < 4.78 is 2.72. The number of thiazole rings is 1. The van der Waals surface area contributed by atoms with Crippen LogP contribution in [0.4, 0.5) is 5.69 Å². The maximum atomic E-state index is 13.4. The molecule has 0 aliphatic carbocycles. The Hall–Kier alpha value is -3.97. The second kappa shape index (κ2) is 8.43. The van der Waals surface area contributed by atoms with E-state index in [-0.39, 0.29) is 17.2 Å². The van der Waals surface area contributed by atoms with Crippen molar-refractivity contribution in [2.24, 2.45) is 7.05 Å². The van der Waals surface area contributed by atoms with E-state index < -0.39 is 5.97 Å². The average molecular weight is 470 g/mol. The molecule has 3 aromatic carbocycles. The van der Waals surface area contributed by atoms with Gasteiger partial charge in [-0.2, -0.15) is 0 Å². The van der Waals surface area contributed by atoms with Crippen LogP contribution in [-0.2, 0) is 7.05 Å². The van der Waals surface area contributed by atoms with Gasteiger partial charge in [0.2, 0.25) is 0 Å². The molecule has 2 aromatic heterocycles. The van der Waals surface area contributed by atoms with Crippen LogP contribution in [0.15, 0.2) is 71.5 Å². The quantitative estimate of drug-likeness (QED) is 0.330. The fraction of sp³-hybridized carbons (Fsp3) is 0.148. The lowest BCUT2D eigenvalue weighted by Gasteiger charge is -2.20. The van der Waals surface area contributed by atoms with Crippen molar-refractivity contribution in [3.8, 4) is 10.7 Å². The van der Waals surface area contributed by atoms with E-state index in [0.717, 1.165) is 37.4 Å². The second-order valence-electron chi connectivity index (χ2n) is 8.41. The van der Waals surface area contributed by atoms with Crippen molar-refractivity contribution in [1.82, 2.24) is 9.55 Å². The minimum atomic E-state index is -0.989. The number of para-hydroxylation sites is 2. The SMILES string of the molecule is Cc1cc(C(C)Nc2ccccc2C(=O)O)c2cc(-c3nc4ccccc4s3)n(C)c(=O)c2c1. The molecule has 2 heterocycles. The molecule has 34 heavy (non-hydrogen) atoms. The fourth-order valence-corrected chi connectivity index (χ4v) is 5.36. The molecule has 0 saturated carbocycles. The number of carbonyl (C=O) groups is 1. The van der Waals surface area contributed by atoms with Crippen LogP contribution in [0.5, 0.6) is 0 Å². The van der Waals surface area contributed by atoms with E-state index in [4.69, 9.17) is 4.98 Å². The van der Waals surface area contributed by atoms with Gasteiger partial charge in [-0.25, -0.2) is 9.78 Å². The molecule has 0 saturated heterocycles. The molecule has 5 rings (SSSR count). The highest BCUT2D eigenvalue weighted by molar-refractivity contribution is 7.21. The molecule has 7 heteroatoms. The Morgan fingerprint density at radius 1 is 1.06 bits per heavy atom. The van der Waals surface area contributed by atoms with E-state index >= 15 is 0 Å². The van der Waals surface area contributed by atoms with Gasteiger partial charge in [-0.3, -0.25) is 4.79 Å². The highest BCUT2D eigenvalue weighted by Gasteiger charge is 2.19. The summed E-state index contributed by atoms with van der Waals surface area (Å²) in [7, 11) is 1.77. The zero-order valence-electron chi connectivity index (χ0n) is 19.0. The first-order chi connectivity index (χ1) is 16.3. The van der Waals surface area contributed by atoms with Gasteiger partial charge in [-0.05, 0) is 66.8 Å². The predicted molar refractivity (Wildman–Crippen MR) is 138 cm³/mol. The minimum Gasteiger partial charge on any atom is -0.478 e. The van der Waals surface area contributed by atoms with Crippen LogP contribution >= 0.6 is 11.3 Å². The van der Waals surface area contributed by atoms with Gasteiger partial charge in [0.1, 0.15) is 5.01 Å². The third-order valence-electron chi connectivity index (χ3n) is 6.04. The molecule has 0 radical (unpaired) electrons. The first-order valence-electron chi connectivity index (χ1n) is 10.9. The van der Waals surface area contributed by atoms with Crippen molar-refractivity contribution in [1.29, 1.82) is 0 Å². The number of fused-ring (bicyclic) bond motifs is 2. The number of nitrogens with one attached hydrogen (secondary N) is 1. The lowest BCUT2D eigenvalue weighted by molar-refractivity contribution is 0.0698. The van der Waals surface area contributed by atoms with Crippen LogP contribution in [0.1, 0.15) is 34.5 Å². The molecule has 2 N–H and O–H groups in total. The molecule has 0 spiro atoms. The van der Waals surface area contributed by atoms with Gasteiger partial charge >= 0.3 is 5.97 Å². The van der Waals surface area contributed by atoms with Crippen LogP contribution in [-0.4, -0.2) is 20.6 Å². The van der Waals surface area contributed by atoms with Crippen molar-refractivity contribution >= 4 is 44.0 Å². The monoisotopic (exact) mass is 469 g/mol. The largest absolute Gasteiger partial charge is 0.478 e. The highest BCUT2D eigenvalue weighted by atomic mass is 32.1. The summed E-state index contributed by atoms with van der Waals surface area (Å²) in [5.74, 6) is -0.989. The summed E-state index contributed by atoms with van der Waals surface area (Å²) in [6.07, 6.45) is 0. The molecule has 5 aromatic rings. The molecule has 0 aliphatic heterocycles. The number of hydrogen-bond donors (Lipinski definition) is 2. The molecule has 1 unspecified atom stereocenters. The first-order valence-corrected chi connectivity index (χ1v) is 11.7. The Kier molecular flexibility index (Phi) is 5.42. The summed E-state index contributed by atoms with van der Waals surface area (Å²) >= 11 is 1.56. The van der Waals surface area contributed by atoms with Crippen molar-refractivity contribution < 1.29 is 9.90 Å². The number of aromatic nitrogens is 2. The lowest BCUT2D eigenvalue weighted by Crippen LogP contribution is -2.20. The van der Waals surface area contributed by atoms with Crippen molar-refractivity contribution in [2.45, 2.75) is 19.9 Å². The molecular weight excluding hydrogens is 446 g/mol. The third-order valence-corrected chi connectivity index (χ3v) is 7.10. The summed E-state index contributed by atoms with van der Waals surface area (Å²) in [5.41, 5.74) is 4.20. The molecule has 0 fully saturated rings. The first kappa shape index (κ1) is 21.9. The number of carboxylic acid groups (broad SMARTS) is 1. The number of aromatic carboxylic acids is 1. The number of pyridine rings is 1. The van der Waals surface area contributed by atoms with Gasteiger partial charge in [0.25, 0.3) is 5.56 Å². The maximum absolute atomic E-state index is 13.4. The Morgan fingerprint density at radius 3 is 2.56 bits per heavy atom. The lowest BCUT2D eigenvalue weighted by atomic mass is 9.96. The maximum Gasteiger partial charge on any atom is 0.337 e. The van der Waals surface area contributed by atoms with Gasteiger partial charge in [0, 0.05) is 24.2 Å². The summed E-state index contributed by atoms with van der Waals surface area (Å²) in [6, 6.07) is 20.5. The number of aryl methyl sites for hydroxylation is 1. The van der Waals surface area contributed by atoms with Crippen LogP contribution < -0.4 is 10.9 Å². The van der Waals surface area contributed by atoms with E-state index in [1.165, 1.54) is 0 Å². The Balaban J connectivity index is 1.68. The Bertz CT molecular complexity index is 1600. The third kappa shape index (κ3) is 3.74. The summed E-state index contributed by atoms with van der Waals surface area (Å²) in [4.78, 5) is 29.8. The zero-order chi connectivity index (χ0) is 24.0. The Morgan fingerprint density at radius 2 is 1.79 bits per heavy atom. The van der Waals surface area contributed by atoms with Crippen LogP contribution in [0.3, 0.4) is 0 Å². The molecule has 0 bridgehead atoms. The van der Waals surface area contributed by atoms with Crippen LogP contribution in [0.2, 0.25) is 0 Å². The molecule has 0 aliphatic rings. The van der Waals surface area contributed by atoms with Gasteiger partial charge in [-0.15, -0.1) is 11.3 Å². The highest BCUT2D eigenvalue weighted by Crippen LogP contribution is 2.34. The minimum absolute atomic E-state index is 0.0881. The molecule has 1 atom stereocenters. The fourth-order valence-electron chi connectivity index (χ4n) is 4.34. The van der Waals surface area contributed by atoms with E-state index in [0.29, 0.717) is 11.1 Å². The molecule has 6 nitrogen and oxygen atoms in total. The summed E-state index contributed by atoms with van der Waals surface area (Å²) in [6.45, 7) is 3.93. The van der Waals surface area contributed by atoms with Gasteiger partial charge in [0.15, 0.2) is 0 Å². The number of carboxylic acids is 1. The molecular formula is C27H23N3O3S. The van der Waals surface area contributed by atoms with Crippen molar-refractivity contribution in [3.05, 3.63) is 93.8 Å². The van der Waals surface area contributed by atoms with E-state index in [1.807, 2.05) is 56.3 Å². The molecule has 170 valence electrons. The van der Waals surface area contributed by atoms with Crippen molar-refractivity contribution in [2.75, 3.05) is 5.32 Å². The van der Waals surface area contributed by atoms with Gasteiger partial charge < -0.3 is 15.0 Å². The van der Waals surface area contributed by atoms with Gasteiger partial charge in [0.05, 0.1) is 21.5 Å². The second-order valence-corrected chi connectivity index (χ2v) is 9.44. The normalized spacial score (nSPS) is 12.2. The molecule has 0 amide bonds. The van der Waals surface area contributed by atoms with Crippen molar-refractivity contribution in [3.63, 3.8) is 0 Å². The number of rotatable bonds is 5.